The number of imidazole rings is 1. The highest BCUT2D eigenvalue weighted by atomic mass is 32.1. The lowest BCUT2D eigenvalue weighted by molar-refractivity contribution is -0.143. The molecule has 38 heavy (non-hydrogen) atoms. The van der Waals surface area contributed by atoms with Crippen molar-refractivity contribution < 1.29 is 39.3 Å². The zero-order chi connectivity index (χ0) is 28.2. The molecule has 0 aliphatic rings. The molecule has 4 unspecified atom stereocenters. The fourth-order valence-electron chi connectivity index (χ4n) is 3.35. The summed E-state index contributed by atoms with van der Waals surface area (Å²) in [6.07, 6.45) is 1.88. The summed E-state index contributed by atoms with van der Waals surface area (Å²) in [6.45, 7) is 0. The molecule has 0 fully saturated rings. The van der Waals surface area contributed by atoms with Gasteiger partial charge in [0.25, 0.3) is 0 Å². The Hall–Kier alpha value is -4.11. The number of H-pyrrole nitrogens is 1. The van der Waals surface area contributed by atoms with Crippen LogP contribution in [0.1, 0.15) is 24.1 Å². The monoisotopic (exact) mass is 550 g/mol. The average Bonchev–Trinajstić information content (AvgIpc) is 3.38. The molecule has 206 valence electrons. The van der Waals surface area contributed by atoms with Crippen molar-refractivity contribution in [1.82, 2.24) is 25.9 Å². The van der Waals surface area contributed by atoms with Crippen LogP contribution in [0, 0.1) is 0 Å². The van der Waals surface area contributed by atoms with Crippen molar-refractivity contribution in [2.24, 2.45) is 5.73 Å². The molecule has 0 spiro atoms. The minimum absolute atomic E-state index is 0.0519. The number of hydrogen-bond donors (Lipinski definition) is 9. The fourth-order valence-corrected chi connectivity index (χ4v) is 3.61. The summed E-state index contributed by atoms with van der Waals surface area (Å²) in [4.78, 5) is 67.5. The van der Waals surface area contributed by atoms with Gasteiger partial charge in [-0.2, -0.15) is 12.6 Å². The quantitative estimate of drug-likeness (QED) is 0.117. The van der Waals surface area contributed by atoms with Gasteiger partial charge in [-0.1, -0.05) is 12.1 Å². The first-order chi connectivity index (χ1) is 18.0. The van der Waals surface area contributed by atoms with Crippen LogP contribution in [0.2, 0.25) is 0 Å². The number of aromatic nitrogens is 2. The maximum Gasteiger partial charge on any atom is 0.326 e. The second-order valence-electron chi connectivity index (χ2n) is 8.39. The summed E-state index contributed by atoms with van der Waals surface area (Å²) in [5.41, 5.74) is 7.04. The van der Waals surface area contributed by atoms with Gasteiger partial charge in [0.05, 0.1) is 12.4 Å². The Bertz CT molecular complexity index is 1110. The number of thiol groups is 1. The van der Waals surface area contributed by atoms with E-state index in [9.17, 15) is 34.2 Å². The van der Waals surface area contributed by atoms with E-state index in [0.717, 1.165) is 0 Å². The SMILES string of the molecule is NC(Cc1ccc(O)cc1)C(=O)NC(CS)C(=O)NC(CCC(=O)O)C(=O)NC(Cc1cnc[nH]1)C(=O)O. The lowest BCUT2D eigenvalue weighted by Crippen LogP contribution is -2.58. The van der Waals surface area contributed by atoms with E-state index < -0.39 is 60.2 Å². The van der Waals surface area contributed by atoms with E-state index in [4.69, 9.17) is 10.8 Å². The Morgan fingerprint density at radius 3 is 2.08 bits per heavy atom. The zero-order valence-corrected chi connectivity index (χ0v) is 21.1. The number of phenolic OH excluding ortho intramolecular Hbond substituents is 1. The summed E-state index contributed by atoms with van der Waals surface area (Å²) in [6, 6.07) is 1.00. The number of carboxylic acids is 2. The Labute approximate surface area is 222 Å². The van der Waals surface area contributed by atoms with Gasteiger partial charge in [0, 0.05) is 30.5 Å². The molecule has 0 radical (unpaired) electrons. The van der Waals surface area contributed by atoms with Gasteiger partial charge in [-0.15, -0.1) is 0 Å². The van der Waals surface area contributed by atoms with Gasteiger partial charge in [-0.3, -0.25) is 19.2 Å². The molecule has 0 aliphatic carbocycles. The summed E-state index contributed by atoms with van der Waals surface area (Å²) >= 11 is 4.07. The fraction of sp³-hybridized carbons (Fsp3) is 0.391. The normalized spacial score (nSPS) is 13.9. The van der Waals surface area contributed by atoms with Crippen LogP contribution in [-0.4, -0.2) is 84.9 Å². The molecule has 0 saturated heterocycles. The van der Waals surface area contributed by atoms with Crippen LogP contribution in [-0.2, 0) is 36.8 Å². The van der Waals surface area contributed by atoms with Gasteiger partial charge >= 0.3 is 11.9 Å². The highest BCUT2D eigenvalue weighted by Crippen LogP contribution is 2.11. The molecule has 1 heterocycles. The second kappa shape index (κ2) is 14.6. The number of nitrogens with two attached hydrogens (primary N) is 1. The predicted octanol–water partition coefficient (Wildman–Crippen LogP) is -1.44. The van der Waals surface area contributed by atoms with E-state index in [1.807, 2.05) is 0 Å². The van der Waals surface area contributed by atoms with Crippen molar-refractivity contribution >= 4 is 42.3 Å². The maximum absolute atomic E-state index is 12.9. The van der Waals surface area contributed by atoms with Gasteiger partial charge in [0.2, 0.25) is 17.7 Å². The first kappa shape index (κ1) is 30.1. The summed E-state index contributed by atoms with van der Waals surface area (Å²) in [7, 11) is 0. The molecule has 15 heteroatoms. The maximum atomic E-state index is 12.9. The lowest BCUT2D eigenvalue weighted by Gasteiger charge is -2.24. The topological polar surface area (TPSA) is 237 Å². The molecule has 9 N–H and O–H groups in total. The number of aliphatic carboxylic acids is 2. The average molecular weight is 551 g/mol. The van der Waals surface area contributed by atoms with E-state index in [1.165, 1.54) is 24.7 Å². The number of aromatic hydroxyl groups is 1. The van der Waals surface area contributed by atoms with Crippen molar-refractivity contribution in [2.75, 3.05) is 5.75 Å². The third-order valence-electron chi connectivity index (χ3n) is 5.42. The number of rotatable bonds is 15. The number of nitrogens with zero attached hydrogens (tertiary/aromatic N) is 1. The summed E-state index contributed by atoms with van der Waals surface area (Å²) < 4.78 is 0. The smallest absolute Gasteiger partial charge is 0.326 e. The van der Waals surface area contributed by atoms with Gasteiger partial charge in [0.1, 0.15) is 23.9 Å². The number of amides is 3. The molecular weight excluding hydrogens is 520 g/mol. The van der Waals surface area contributed by atoms with E-state index in [2.05, 4.69) is 38.5 Å². The van der Waals surface area contributed by atoms with Gasteiger partial charge < -0.3 is 42.0 Å². The van der Waals surface area contributed by atoms with Crippen LogP contribution in [0.15, 0.2) is 36.8 Å². The largest absolute Gasteiger partial charge is 0.508 e. The molecule has 0 saturated carbocycles. The number of carbonyl (C=O) groups is 5. The highest BCUT2D eigenvalue weighted by Gasteiger charge is 2.30. The van der Waals surface area contributed by atoms with Crippen molar-refractivity contribution in [3.8, 4) is 5.75 Å². The molecular formula is C23H30N6O8S. The van der Waals surface area contributed by atoms with Crippen LogP contribution >= 0.6 is 12.6 Å². The Morgan fingerprint density at radius 2 is 1.53 bits per heavy atom. The van der Waals surface area contributed by atoms with Crippen molar-refractivity contribution in [2.45, 2.75) is 49.9 Å². The number of benzene rings is 1. The Balaban J connectivity index is 2.05. The standard InChI is InChI=1S/C23H30N6O8S/c24-15(7-12-1-3-14(30)4-2-12)20(33)29-18(10-38)22(35)27-16(5-6-19(31)32)21(34)28-17(23(36)37)8-13-9-25-11-26-13/h1-4,9,11,15-18,30,38H,5-8,10,24H2,(H,25,26)(H,27,35)(H,28,34)(H,29,33)(H,31,32)(H,36,37). The molecule has 2 aromatic rings. The van der Waals surface area contributed by atoms with Crippen LogP contribution < -0.4 is 21.7 Å². The number of nitrogens with one attached hydrogen (secondary N) is 4. The Morgan fingerprint density at radius 1 is 0.921 bits per heavy atom. The molecule has 3 amide bonds. The van der Waals surface area contributed by atoms with E-state index in [-0.39, 0.29) is 30.8 Å². The molecule has 1 aromatic heterocycles. The molecule has 0 aliphatic heterocycles. The number of carbonyl (C=O) groups excluding carboxylic acids is 3. The number of carboxylic acid groups (broad SMARTS) is 2. The number of hydrogen-bond acceptors (Lipinski definition) is 9. The molecule has 2 rings (SSSR count). The predicted molar refractivity (Wildman–Crippen MR) is 136 cm³/mol. The van der Waals surface area contributed by atoms with Crippen LogP contribution in [0.25, 0.3) is 0 Å². The minimum Gasteiger partial charge on any atom is -0.508 e. The van der Waals surface area contributed by atoms with Gasteiger partial charge in [0.15, 0.2) is 0 Å². The van der Waals surface area contributed by atoms with E-state index in [1.54, 1.807) is 12.1 Å². The molecule has 0 bridgehead atoms. The third kappa shape index (κ3) is 9.74. The van der Waals surface area contributed by atoms with Crippen molar-refractivity contribution in [1.29, 1.82) is 0 Å². The van der Waals surface area contributed by atoms with E-state index in [0.29, 0.717) is 11.3 Å². The van der Waals surface area contributed by atoms with E-state index >= 15 is 0 Å². The van der Waals surface area contributed by atoms with Crippen molar-refractivity contribution in [3.05, 3.63) is 48.0 Å². The lowest BCUT2D eigenvalue weighted by atomic mass is 10.1. The molecule has 4 atom stereocenters. The highest BCUT2D eigenvalue weighted by molar-refractivity contribution is 7.80. The molecule has 1 aromatic carbocycles. The summed E-state index contributed by atoms with van der Waals surface area (Å²) in [5.74, 6) is -5.13. The minimum atomic E-state index is -1.41. The van der Waals surface area contributed by atoms with Crippen molar-refractivity contribution in [3.63, 3.8) is 0 Å². The van der Waals surface area contributed by atoms with Gasteiger partial charge in [-0.25, -0.2) is 9.78 Å². The second-order valence-corrected chi connectivity index (χ2v) is 8.76. The summed E-state index contributed by atoms with van der Waals surface area (Å²) in [5, 5.41) is 35.0. The number of aromatic amines is 1. The number of phenols is 1. The van der Waals surface area contributed by atoms with Crippen LogP contribution in [0.4, 0.5) is 0 Å². The first-order valence-corrected chi connectivity index (χ1v) is 12.1. The van der Waals surface area contributed by atoms with Gasteiger partial charge in [-0.05, 0) is 30.5 Å². The molecule has 14 nitrogen and oxygen atoms in total. The third-order valence-corrected chi connectivity index (χ3v) is 5.78. The van der Waals surface area contributed by atoms with Crippen LogP contribution in [0.5, 0.6) is 5.75 Å². The zero-order valence-electron chi connectivity index (χ0n) is 20.2. The Kier molecular flexibility index (Phi) is 11.6. The van der Waals surface area contributed by atoms with Crippen LogP contribution in [0.3, 0.4) is 0 Å². The first-order valence-electron chi connectivity index (χ1n) is 11.5.